The topological polar surface area (TPSA) is 68.0 Å². The van der Waals surface area contributed by atoms with E-state index in [0.717, 1.165) is 0 Å². The van der Waals surface area contributed by atoms with Gasteiger partial charge in [-0.15, -0.1) is 0 Å². The third-order valence-electron chi connectivity index (χ3n) is 2.17. The molecule has 0 unspecified atom stereocenters. The lowest BCUT2D eigenvalue weighted by Crippen LogP contribution is -2.23. The first-order valence-corrected chi connectivity index (χ1v) is 5.85. The van der Waals surface area contributed by atoms with Crippen molar-refractivity contribution in [3.8, 4) is 0 Å². The van der Waals surface area contributed by atoms with Crippen LogP contribution in [-0.4, -0.2) is 16.0 Å². The Balaban J connectivity index is 2.06. The minimum Gasteiger partial charge on any atom is -0.345 e. The summed E-state index contributed by atoms with van der Waals surface area (Å²) < 4.78 is 4.79. The first-order valence-electron chi connectivity index (χ1n) is 5.09. The monoisotopic (exact) mass is 285 g/mol. The van der Waals surface area contributed by atoms with Crippen molar-refractivity contribution in [2.75, 3.05) is 0 Å². The van der Waals surface area contributed by atoms with Gasteiger partial charge in [0.15, 0.2) is 5.82 Å². The summed E-state index contributed by atoms with van der Waals surface area (Å²) in [5, 5.41) is 6.85. The molecule has 7 heteroatoms. The molecule has 0 radical (unpaired) electrons. The molecule has 18 heavy (non-hydrogen) atoms. The van der Waals surface area contributed by atoms with Crippen molar-refractivity contribution < 1.29 is 9.32 Å². The van der Waals surface area contributed by atoms with E-state index in [4.69, 9.17) is 27.7 Å². The summed E-state index contributed by atoms with van der Waals surface area (Å²) in [4.78, 5) is 15.8. The zero-order chi connectivity index (χ0) is 13.1. The highest BCUT2D eigenvalue weighted by Crippen LogP contribution is 2.25. The van der Waals surface area contributed by atoms with E-state index in [2.05, 4.69) is 15.5 Å². The second kappa shape index (κ2) is 5.37. The number of nitrogens with zero attached hydrogens (tertiary/aromatic N) is 2. The number of rotatable bonds is 3. The average Bonchev–Trinajstić information content (AvgIpc) is 2.76. The molecule has 0 atom stereocenters. The van der Waals surface area contributed by atoms with Gasteiger partial charge in [-0.3, -0.25) is 4.79 Å². The molecule has 94 valence electrons. The number of carbonyl (C=O) groups excluding carboxylic acids is 1. The number of carbonyl (C=O) groups is 1. The van der Waals surface area contributed by atoms with E-state index in [9.17, 15) is 4.79 Å². The molecule has 0 saturated heterocycles. The summed E-state index contributed by atoms with van der Waals surface area (Å²) in [7, 11) is 0. The van der Waals surface area contributed by atoms with Crippen molar-refractivity contribution in [2.24, 2.45) is 0 Å². The van der Waals surface area contributed by atoms with Gasteiger partial charge in [0.25, 0.3) is 5.91 Å². The maximum atomic E-state index is 11.9. The number of hydrogen-bond acceptors (Lipinski definition) is 4. The van der Waals surface area contributed by atoms with Crippen LogP contribution >= 0.6 is 23.2 Å². The average molecular weight is 286 g/mol. The molecule has 0 fully saturated rings. The van der Waals surface area contributed by atoms with Crippen molar-refractivity contribution in [1.29, 1.82) is 0 Å². The Morgan fingerprint density at radius 1 is 1.44 bits per heavy atom. The zero-order valence-electron chi connectivity index (χ0n) is 9.41. The van der Waals surface area contributed by atoms with Gasteiger partial charge in [-0.2, -0.15) is 4.98 Å². The Kier molecular flexibility index (Phi) is 3.84. The predicted molar refractivity (Wildman–Crippen MR) is 66.7 cm³/mol. The lowest BCUT2D eigenvalue weighted by molar-refractivity contribution is 0.0950. The summed E-state index contributed by atoms with van der Waals surface area (Å²) in [6.07, 6.45) is 0. The van der Waals surface area contributed by atoms with Gasteiger partial charge < -0.3 is 9.84 Å². The first kappa shape index (κ1) is 12.9. The van der Waals surface area contributed by atoms with Crippen LogP contribution in [-0.2, 0) is 6.54 Å². The molecule has 0 aliphatic carbocycles. The molecule has 0 aliphatic rings. The van der Waals surface area contributed by atoms with Crippen LogP contribution in [0.15, 0.2) is 22.7 Å². The van der Waals surface area contributed by atoms with Crippen molar-refractivity contribution in [2.45, 2.75) is 13.5 Å². The summed E-state index contributed by atoms with van der Waals surface area (Å²) in [6, 6.07) is 4.86. The van der Waals surface area contributed by atoms with E-state index in [0.29, 0.717) is 22.3 Å². The van der Waals surface area contributed by atoms with E-state index < -0.39 is 0 Å². The smallest absolute Gasteiger partial charge is 0.253 e. The molecule has 2 aromatic rings. The van der Waals surface area contributed by atoms with Crippen LogP contribution in [0.4, 0.5) is 0 Å². The molecule has 0 aliphatic heterocycles. The summed E-state index contributed by atoms with van der Waals surface area (Å²) in [5.41, 5.74) is 0.310. The standard InChI is InChI=1S/C11H9Cl2N3O2/c1-6-15-9(16-18-6)5-14-11(17)7-3-2-4-8(12)10(7)13/h2-4H,5H2,1H3,(H,14,17). The molecule has 1 amide bonds. The Hall–Kier alpha value is -1.59. The van der Waals surface area contributed by atoms with Gasteiger partial charge in [0.1, 0.15) is 0 Å². The van der Waals surface area contributed by atoms with Gasteiger partial charge in [-0.1, -0.05) is 34.4 Å². The highest BCUT2D eigenvalue weighted by Gasteiger charge is 2.13. The number of amides is 1. The summed E-state index contributed by atoms with van der Waals surface area (Å²) in [6.45, 7) is 1.84. The van der Waals surface area contributed by atoms with E-state index in [1.807, 2.05) is 0 Å². The maximum Gasteiger partial charge on any atom is 0.253 e. The molecule has 2 rings (SSSR count). The van der Waals surface area contributed by atoms with Crippen LogP contribution in [0.5, 0.6) is 0 Å². The Labute approximate surface area is 113 Å². The van der Waals surface area contributed by atoms with E-state index in [1.165, 1.54) is 0 Å². The van der Waals surface area contributed by atoms with E-state index in [-0.39, 0.29) is 17.5 Å². The molecule has 0 spiro atoms. The van der Waals surface area contributed by atoms with Crippen LogP contribution in [0, 0.1) is 6.92 Å². The molecule has 1 aromatic heterocycles. The largest absolute Gasteiger partial charge is 0.345 e. The van der Waals surface area contributed by atoms with Crippen molar-refractivity contribution >= 4 is 29.1 Å². The normalized spacial score (nSPS) is 10.4. The summed E-state index contributed by atoms with van der Waals surface area (Å²) in [5.74, 6) is 0.504. The molecule has 0 saturated carbocycles. The van der Waals surface area contributed by atoms with E-state index >= 15 is 0 Å². The lowest BCUT2D eigenvalue weighted by Gasteiger charge is -2.05. The van der Waals surface area contributed by atoms with Gasteiger partial charge in [0.2, 0.25) is 5.89 Å². The van der Waals surface area contributed by atoms with Gasteiger partial charge >= 0.3 is 0 Å². The molecule has 1 N–H and O–H groups in total. The maximum absolute atomic E-state index is 11.9. The van der Waals surface area contributed by atoms with Crippen LogP contribution in [0.25, 0.3) is 0 Å². The van der Waals surface area contributed by atoms with Gasteiger partial charge in [0, 0.05) is 6.92 Å². The molecule has 0 bridgehead atoms. The molecular formula is C11H9Cl2N3O2. The van der Waals surface area contributed by atoms with Gasteiger partial charge in [-0.05, 0) is 12.1 Å². The van der Waals surface area contributed by atoms with Crippen LogP contribution in [0.2, 0.25) is 10.0 Å². The number of nitrogens with one attached hydrogen (secondary N) is 1. The third kappa shape index (κ3) is 2.80. The third-order valence-corrected chi connectivity index (χ3v) is 2.99. The number of aromatic nitrogens is 2. The Morgan fingerprint density at radius 2 is 2.22 bits per heavy atom. The summed E-state index contributed by atoms with van der Waals surface area (Å²) >= 11 is 11.8. The quantitative estimate of drug-likeness (QED) is 0.941. The highest BCUT2D eigenvalue weighted by molar-refractivity contribution is 6.43. The van der Waals surface area contributed by atoms with Crippen LogP contribution in [0.3, 0.4) is 0 Å². The molecule has 1 aromatic carbocycles. The molecule has 5 nitrogen and oxygen atoms in total. The predicted octanol–water partition coefficient (Wildman–Crippen LogP) is 2.61. The molecule has 1 heterocycles. The lowest BCUT2D eigenvalue weighted by atomic mass is 10.2. The Morgan fingerprint density at radius 3 is 2.89 bits per heavy atom. The fraction of sp³-hybridized carbons (Fsp3) is 0.182. The fourth-order valence-electron chi connectivity index (χ4n) is 1.35. The second-order valence-corrected chi connectivity index (χ2v) is 4.30. The number of benzene rings is 1. The van der Waals surface area contributed by atoms with Crippen LogP contribution in [0.1, 0.15) is 22.1 Å². The van der Waals surface area contributed by atoms with Gasteiger partial charge in [0.05, 0.1) is 22.2 Å². The minimum absolute atomic E-state index is 0.166. The number of halogens is 2. The zero-order valence-corrected chi connectivity index (χ0v) is 10.9. The van der Waals surface area contributed by atoms with Crippen molar-refractivity contribution in [3.05, 3.63) is 45.5 Å². The number of aryl methyl sites for hydroxylation is 1. The van der Waals surface area contributed by atoms with Gasteiger partial charge in [-0.25, -0.2) is 0 Å². The van der Waals surface area contributed by atoms with Crippen LogP contribution < -0.4 is 5.32 Å². The SMILES string of the molecule is Cc1nc(CNC(=O)c2cccc(Cl)c2Cl)no1. The second-order valence-electron chi connectivity index (χ2n) is 3.51. The Bertz CT molecular complexity index is 583. The fourth-order valence-corrected chi connectivity index (χ4v) is 1.73. The van der Waals surface area contributed by atoms with Crippen molar-refractivity contribution in [3.63, 3.8) is 0 Å². The first-order chi connectivity index (χ1) is 8.58. The van der Waals surface area contributed by atoms with E-state index in [1.54, 1.807) is 25.1 Å². The molecular weight excluding hydrogens is 277 g/mol. The highest BCUT2D eigenvalue weighted by atomic mass is 35.5. The van der Waals surface area contributed by atoms with Crippen molar-refractivity contribution in [1.82, 2.24) is 15.5 Å². The minimum atomic E-state index is -0.343. The number of hydrogen-bond donors (Lipinski definition) is 1.